The molecule has 4 aromatic carbocycles. The van der Waals surface area contributed by atoms with E-state index in [9.17, 15) is 0 Å². The smallest absolute Gasteiger partial charge is 0.0622 e. The monoisotopic (exact) mass is 484 g/mol. The van der Waals surface area contributed by atoms with Crippen molar-refractivity contribution in [1.82, 2.24) is 0 Å². The van der Waals surface area contributed by atoms with Gasteiger partial charge in [0, 0.05) is 0 Å². The van der Waals surface area contributed by atoms with E-state index in [1.807, 2.05) is 0 Å². The second-order valence-corrected chi connectivity index (χ2v) is 12.0. The number of benzene rings is 4. The van der Waals surface area contributed by atoms with Crippen LogP contribution in [0.1, 0.15) is 12.8 Å². The van der Waals surface area contributed by atoms with Gasteiger partial charge < -0.3 is 0 Å². The Morgan fingerprint density at radius 3 is 0.806 bits per heavy atom. The van der Waals surface area contributed by atoms with Crippen molar-refractivity contribution in [3.8, 4) is 0 Å². The summed E-state index contributed by atoms with van der Waals surface area (Å²) < 4.78 is 0. The van der Waals surface area contributed by atoms with Gasteiger partial charge in [0.25, 0.3) is 0 Å². The molecule has 0 amide bonds. The molecule has 0 aliphatic heterocycles. The first-order chi connectivity index (χ1) is 14.9. The third-order valence-electron chi connectivity index (χ3n) is 5.28. The van der Waals surface area contributed by atoms with E-state index in [1.54, 1.807) is 0 Å². The second kappa shape index (κ2) is 12.9. The van der Waals surface area contributed by atoms with Crippen LogP contribution in [0, 0.1) is 0 Å². The van der Waals surface area contributed by atoms with E-state index in [0.29, 0.717) is 0 Å². The van der Waals surface area contributed by atoms with Crippen molar-refractivity contribution in [3.05, 3.63) is 121 Å². The van der Waals surface area contributed by atoms with E-state index in [0.717, 1.165) is 0 Å². The molecular formula is C28H28NiP2+2. The molecule has 3 heteroatoms. The maximum absolute atomic E-state index is 2.31. The number of rotatable bonds is 9. The molecule has 0 aliphatic rings. The van der Waals surface area contributed by atoms with Crippen molar-refractivity contribution in [2.75, 3.05) is 12.3 Å². The summed E-state index contributed by atoms with van der Waals surface area (Å²) in [5.41, 5.74) is 0. The summed E-state index contributed by atoms with van der Waals surface area (Å²) in [7, 11) is -0.566. The minimum absolute atomic E-state index is 0. The first-order valence-corrected chi connectivity index (χ1v) is 13.7. The molecular weight excluding hydrogens is 457 g/mol. The summed E-state index contributed by atoms with van der Waals surface area (Å²) in [4.78, 5) is 0. The summed E-state index contributed by atoms with van der Waals surface area (Å²) in [6, 6.07) is 44.3. The minimum atomic E-state index is -0.283. The normalized spacial score (nSPS) is 10.8. The van der Waals surface area contributed by atoms with Crippen molar-refractivity contribution in [2.24, 2.45) is 0 Å². The Hall–Kier alpha value is -1.77. The Balaban J connectivity index is 0.00000272. The van der Waals surface area contributed by atoms with Crippen LogP contribution in [0.3, 0.4) is 0 Å². The van der Waals surface area contributed by atoms with E-state index in [1.165, 1.54) is 46.4 Å². The van der Waals surface area contributed by atoms with Crippen LogP contribution < -0.4 is 21.2 Å². The summed E-state index contributed by atoms with van der Waals surface area (Å²) in [5.74, 6) is 0. The van der Waals surface area contributed by atoms with E-state index in [-0.39, 0.29) is 32.3 Å². The Kier molecular flexibility index (Phi) is 9.97. The van der Waals surface area contributed by atoms with Crippen molar-refractivity contribution in [2.45, 2.75) is 12.8 Å². The molecule has 0 unspecified atom stereocenters. The van der Waals surface area contributed by atoms with E-state index in [2.05, 4.69) is 121 Å². The Bertz CT molecular complexity index is 828. The molecule has 0 spiro atoms. The van der Waals surface area contributed by atoms with Crippen LogP contribution in [0.5, 0.6) is 0 Å². The van der Waals surface area contributed by atoms with Crippen LogP contribution in [-0.2, 0) is 16.5 Å². The molecule has 0 heterocycles. The third kappa shape index (κ3) is 6.86. The first kappa shape index (κ1) is 23.9. The van der Waals surface area contributed by atoms with Gasteiger partial charge in [-0.1, -0.05) is 121 Å². The fourth-order valence-corrected chi connectivity index (χ4v) is 8.62. The van der Waals surface area contributed by atoms with Crippen molar-refractivity contribution in [3.63, 3.8) is 0 Å². The van der Waals surface area contributed by atoms with Crippen LogP contribution in [-0.4, -0.2) is 12.3 Å². The maximum Gasteiger partial charge on any atom is 2.00 e. The largest absolute Gasteiger partial charge is 2.00 e. The Morgan fingerprint density at radius 1 is 0.355 bits per heavy atom. The predicted octanol–water partition coefficient (Wildman–Crippen LogP) is 6.03. The molecule has 0 bridgehead atoms. The molecule has 0 aromatic heterocycles. The quantitative estimate of drug-likeness (QED) is 0.154. The molecule has 0 aliphatic carbocycles. The molecule has 31 heavy (non-hydrogen) atoms. The van der Waals surface area contributed by atoms with Gasteiger partial charge in [-0.25, -0.2) is 0 Å². The number of hydrogen-bond donors (Lipinski definition) is 0. The molecule has 0 N–H and O–H groups in total. The van der Waals surface area contributed by atoms with Gasteiger partial charge in [0.15, 0.2) is 0 Å². The van der Waals surface area contributed by atoms with Gasteiger partial charge in [-0.05, 0) is 62.2 Å². The topological polar surface area (TPSA) is 0 Å². The van der Waals surface area contributed by atoms with Crippen LogP contribution in [0.2, 0.25) is 0 Å². The summed E-state index contributed by atoms with van der Waals surface area (Å²) >= 11 is 0. The first-order valence-electron chi connectivity index (χ1n) is 10.7. The fourth-order valence-electron chi connectivity index (χ4n) is 3.79. The van der Waals surface area contributed by atoms with Crippen molar-refractivity contribution < 1.29 is 16.5 Å². The van der Waals surface area contributed by atoms with Crippen LogP contribution in [0.25, 0.3) is 0 Å². The van der Waals surface area contributed by atoms with Gasteiger partial charge in [0.05, 0.1) is 0 Å². The minimum Gasteiger partial charge on any atom is -0.0622 e. The zero-order valence-corrected chi connectivity index (χ0v) is 20.4. The predicted molar refractivity (Wildman–Crippen MR) is 137 cm³/mol. The second-order valence-electron chi connectivity index (χ2n) is 7.35. The summed E-state index contributed by atoms with van der Waals surface area (Å²) in [6.45, 7) is 0. The molecule has 158 valence electrons. The molecule has 0 saturated carbocycles. The average Bonchev–Trinajstić information content (AvgIpc) is 2.84. The SMILES string of the molecule is [Ni+2].c1ccc(P(CCCCP(c2ccccc2)c2ccccc2)c2ccccc2)cc1. The Morgan fingerprint density at radius 2 is 0.581 bits per heavy atom. The average molecular weight is 485 g/mol. The van der Waals surface area contributed by atoms with Gasteiger partial charge in [-0.15, -0.1) is 0 Å². The molecule has 0 fully saturated rings. The number of hydrogen-bond acceptors (Lipinski definition) is 0. The van der Waals surface area contributed by atoms with Gasteiger partial charge in [-0.3, -0.25) is 0 Å². The van der Waals surface area contributed by atoms with Crippen LogP contribution in [0.4, 0.5) is 0 Å². The van der Waals surface area contributed by atoms with Crippen LogP contribution >= 0.6 is 15.8 Å². The standard InChI is InChI=1S/C28H28P2.Ni/c1-5-15-25(16-6-1)29(26-17-7-2-8-18-26)23-13-14-24-30(27-19-9-3-10-20-27)28-21-11-4-12-22-28;/h1-12,15-22H,13-14,23-24H2;/q;+2. The van der Waals surface area contributed by atoms with E-state index < -0.39 is 0 Å². The van der Waals surface area contributed by atoms with E-state index in [4.69, 9.17) is 0 Å². The molecule has 0 radical (unpaired) electrons. The zero-order chi connectivity index (χ0) is 20.4. The summed E-state index contributed by atoms with van der Waals surface area (Å²) in [5, 5.41) is 5.97. The van der Waals surface area contributed by atoms with Gasteiger partial charge >= 0.3 is 16.5 Å². The van der Waals surface area contributed by atoms with Crippen LogP contribution in [0.15, 0.2) is 121 Å². The zero-order valence-electron chi connectivity index (χ0n) is 17.6. The molecule has 4 rings (SSSR count). The van der Waals surface area contributed by atoms with Gasteiger partial charge in [-0.2, -0.15) is 0 Å². The van der Waals surface area contributed by atoms with Crippen molar-refractivity contribution >= 4 is 37.1 Å². The Labute approximate surface area is 199 Å². The molecule has 0 saturated heterocycles. The van der Waals surface area contributed by atoms with Gasteiger partial charge in [0.2, 0.25) is 0 Å². The molecule has 0 atom stereocenters. The summed E-state index contributed by atoms with van der Waals surface area (Å²) in [6.07, 6.45) is 5.06. The van der Waals surface area contributed by atoms with Crippen molar-refractivity contribution in [1.29, 1.82) is 0 Å². The molecule has 0 nitrogen and oxygen atoms in total. The van der Waals surface area contributed by atoms with E-state index >= 15 is 0 Å². The van der Waals surface area contributed by atoms with Gasteiger partial charge in [0.1, 0.15) is 0 Å². The number of unbranched alkanes of at least 4 members (excludes halogenated alkanes) is 1. The maximum atomic E-state index is 2.31. The fraction of sp³-hybridized carbons (Fsp3) is 0.143. The third-order valence-corrected chi connectivity index (χ3v) is 10.5. The molecule has 4 aromatic rings.